The highest BCUT2D eigenvalue weighted by molar-refractivity contribution is 6.30. The van der Waals surface area contributed by atoms with Crippen molar-refractivity contribution < 1.29 is 14.2 Å². The number of fused-ring (bicyclic) bond motifs is 1. The third-order valence-corrected chi connectivity index (χ3v) is 5.99. The Hall–Kier alpha value is -2.69. The highest BCUT2D eigenvalue weighted by Gasteiger charge is 2.30. The molecule has 0 amide bonds. The van der Waals surface area contributed by atoms with Crippen LogP contribution >= 0.6 is 11.6 Å². The lowest BCUT2D eigenvalue weighted by Crippen LogP contribution is -2.35. The number of ether oxygens (including phenoxy) is 3. The fourth-order valence-electron chi connectivity index (χ4n) is 4.33. The van der Waals surface area contributed by atoms with E-state index in [0.29, 0.717) is 6.61 Å². The van der Waals surface area contributed by atoms with Gasteiger partial charge in [-0.2, -0.15) is 0 Å². The number of benzene rings is 3. The summed E-state index contributed by atoms with van der Waals surface area (Å²) in [5, 5.41) is 0.742. The maximum Gasteiger partial charge on any atom is 0.161 e. The summed E-state index contributed by atoms with van der Waals surface area (Å²) in [5.41, 5.74) is 4.94. The summed E-state index contributed by atoms with van der Waals surface area (Å²) in [6.45, 7) is 4.44. The molecule has 1 unspecified atom stereocenters. The van der Waals surface area contributed by atoms with Crippen LogP contribution in [0.1, 0.15) is 35.2 Å². The van der Waals surface area contributed by atoms with E-state index in [-0.39, 0.29) is 6.04 Å². The van der Waals surface area contributed by atoms with Crippen molar-refractivity contribution in [2.45, 2.75) is 25.9 Å². The molecule has 0 aromatic heterocycles. The van der Waals surface area contributed by atoms with Gasteiger partial charge in [0.05, 0.1) is 26.9 Å². The number of hydrogen-bond acceptors (Lipinski definition) is 4. The van der Waals surface area contributed by atoms with Crippen LogP contribution in [0.2, 0.25) is 5.02 Å². The van der Waals surface area contributed by atoms with Crippen LogP contribution in [0.15, 0.2) is 60.7 Å². The van der Waals surface area contributed by atoms with Gasteiger partial charge in [0.25, 0.3) is 0 Å². The molecule has 4 nitrogen and oxygen atoms in total. The zero-order chi connectivity index (χ0) is 21.8. The van der Waals surface area contributed by atoms with Crippen LogP contribution in [0.5, 0.6) is 17.2 Å². The van der Waals surface area contributed by atoms with Crippen LogP contribution in [0.3, 0.4) is 0 Å². The molecule has 0 saturated carbocycles. The Morgan fingerprint density at radius 2 is 1.71 bits per heavy atom. The van der Waals surface area contributed by atoms with Crippen LogP contribution in [-0.4, -0.2) is 32.3 Å². The third-order valence-electron chi connectivity index (χ3n) is 5.76. The second-order valence-corrected chi connectivity index (χ2v) is 8.10. The van der Waals surface area contributed by atoms with Crippen LogP contribution in [0.4, 0.5) is 0 Å². The number of hydrogen-bond donors (Lipinski definition) is 0. The van der Waals surface area contributed by atoms with E-state index in [4.69, 9.17) is 25.8 Å². The van der Waals surface area contributed by atoms with Gasteiger partial charge < -0.3 is 14.2 Å². The van der Waals surface area contributed by atoms with Gasteiger partial charge in [-0.15, -0.1) is 0 Å². The fourth-order valence-corrected chi connectivity index (χ4v) is 4.53. The first-order valence-corrected chi connectivity index (χ1v) is 11.0. The average molecular weight is 438 g/mol. The lowest BCUT2D eigenvalue weighted by Gasteiger charge is -2.38. The van der Waals surface area contributed by atoms with E-state index in [1.165, 1.54) is 22.3 Å². The van der Waals surface area contributed by atoms with Crippen molar-refractivity contribution in [2.75, 3.05) is 27.4 Å². The van der Waals surface area contributed by atoms with Gasteiger partial charge in [-0.3, -0.25) is 4.90 Å². The molecule has 3 aromatic rings. The second kappa shape index (κ2) is 9.63. The van der Waals surface area contributed by atoms with Gasteiger partial charge in [-0.1, -0.05) is 35.9 Å². The molecule has 5 heteroatoms. The van der Waals surface area contributed by atoms with Gasteiger partial charge in [0.1, 0.15) is 5.75 Å². The van der Waals surface area contributed by atoms with Crippen LogP contribution < -0.4 is 14.2 Å². The summed E-state index contributed by atoms with van der Waals surface area (Å²) < 4.78 is 16.8. The number of methoxy groups -OCH3 is 2. The van der Waals surface area contributed by atoms with Gasteiger partial charge in [0.15, 0.2) is 11.5 Å². The Labute approximate surface area is 189 Å². The lowest BCUT2D eigenvalue weighted by molar-refractivity contribution is 0.203. The van der Waals surface area contributed by atoms with Gasteiger partial charge in [0.2, 0.25) is 0 Å². The Bertz CT molecular complexity index is 1040. The van der Waals surface area contributed by atoms with Crippen molar-refractivity contribution >= 4 is 11.6 Å². The molecule has 0 radical (unpaired) electrons. The quantitative estimate of drug-likeness (QED) is 0.460. The minimum Gasteiger partial charge on any atom is -0.494 e. The van der Waals surface area contributed by atoms with E-state index >= 15 is 0 Å². The van der Waals surface area contributed by atoms with Crippen molar-refractivity contribution in [3.63, 3.8) is 0 Å². The molecule has 0 aliphatic carbocycles. The molecule has 4 rings (SSSR count). The number of rotatable bonds is 7. The average Bonchev–Trinajstić information content (AvgIpc) is 2.79. The molecule has 1 atom stereocenters. The van der Waals surface area contributed by atoms with Crippen molar-refractivity contribution in [2.24, 2.45) is 0 Å². The molecule has 0 bridgehead atoms. The highest BCUT2D eigenvalue weighted by atomic mass is 35.5. The molecule has 0 saturated heterocycles. The fraction of sp³-hybridized carbons (Fsp3) is 0.308. The van der Waals surface area contributed by atoms with Gasteiger partial charge >= 0.3 is 0 Å². The highest BCUT2D eigenvalue weighted by Crippen LogP contribution is 2.42. The molecule has 0 spiro atoms. The van der Waals surface area contributed by atoms with E-state index in [0.717, 1.165) is 41.8 Å². The van der Waals surface area contributed by atoms with E-state index in [9.17, 15) is 0 Å². The van der Waals surface area contributed by atoms with Crippen LogP contribution in [0, 0.1) is 0 Å². The zero-order valence-corrected chi connectivity index (χ0v) is 19.0. The molecule has 31 heavy (non-hydrogen) atoms. The monoisotopic (exact) mass is 437 g/mol. The number of halogens is 1. The van der Waals surface area contributed by atoms with E-state index in [2.05, 4.69) is 41.3 Å². The van der Waals surface area contributed by atoms with Gasteiger partial charge in [-0.05, 0) is 72.0 Å². The molecule has 1 heterocycles. The second-order valence-electron chi connectivity index (χ2n) is 7.66. The molecule has 162 valence electrons. The Balaban J connectivity index is 1.73. The topological polar surface area (TPSA) is 30.9 Å². The molecular weight excluding hydrogens is 410 g/mol. The zero-order valence-electron chi connectivity index (χ0n) is 18.2. The molecule has 3 aromatic carbocycles. The first-order valence-electron chi connectivity index (χ1n) is 10.6. The van der Waals surface area contributed by atoms with Crippen molar-refractivity contribution in [1.29, 1.82) is 0 Å². The summed E-state index contributed by atoms with van der Waals surface area (Å²) >= 11 is 6.38. The standard InChI is InChI=1S/C26H28ClNO3/c1-4-31-22-10-8-18(9-11-22)17-28-13-12-19-15-24(29-2)25(30-3)16-23(19)26(28)20-6-5-7-21(27)14-20/h5-11,14-16,26H,4,12-13,17H2,1-3H3. The summed E-state index contributed by atoms with van der Waals surface area (Å²) in [6, 6.07) is 20.8. The Morgan fingerprint density at radius 3 is 2.39 bits per heavy atom. The third kappa shape index (κ3) is 4.65. The lowest BCUT2D eigenvalue weighted by atomic mass is 9.87. The van der Waals surface area contributed by atoms with E-state index in [1.54, 1.807) is 14.2 Å². The normalized spacial score (nSPS) is 15.9. The molecule has 0 fully saturated rings. The largest absolute Gasteiger partial charge is 0.494 e. The van der Waals surface area contributed by atoms with Crippen LogP contribution in [-0.2, 0) is 13.0 Å². The maximum atomic E-state index is 6.38. The SMILES string of the molecule is CCOc1ccc(CN2CCc3cc(OC)c(OC)cc3C2c2cccc(Cl)c2)cc1. The van der Waals surface area contributed by atoms with Gasteiger partial charge in [0, 0.05) is 18.1 Å². The van der Waals surface area contributed by atoms with Crippen LogP contribution in [0.25, 0.3) is 0 Å². The molecular formula is C26H28ClNO3. The minimum atomic E-state index is 0.0776. The maximum absolute atomic E-state index is 6.38. The summed E-state index contributed by atoms with van der Waals surface area (Å²) in [4.78, 5) is 2.50. The first kappa shape index (κ1) is 21.5. The van der Waals surface area contributed by atoms with Crippen molar-refractivity contribution in [3.8, 4) is 17.2 Å². The summed E-state index contributed by atoms with van der Waals surface area (Å²) in [7, 11) is 3.36. The predicted molar refractivity (Wildman–Crippen MR) is 125 cm³/mol. The summed E-state index contributed by atoms with van der Waals surface area (Å²) in [5.74, 6) is 2.42. The predicted octanol–water partition coefficient (Wildman–Crippen LogP) is 5.90. The number of nitrogens with zero attached hydrogens (tertiary/aromatic N) is 1. The minimum absolute atomic E-state index is 0.0776. The Kier molecular flexibility index (Phi) is 6.69. The van der Waals surface area contributed by atoms with Crippen molar-refractivity contribution in [3.05, 3.63) is 87.9 Å². The van der Waals surface area contributed by atoms with E-state index in [1.807, 2.05) is 31.2 Å². The molecule has 1 aliphatic rings. The summed E-state index contributed by atoms with van der Waals surface area (Å²) in [6.07, 6.45) is 0.948. The Morgan fingerprint density at radius 1 is 0.968 bits per heavy atom. The first-order chi connectivity index (χ1) is 15.1. The van der Waals surface area contributed by atoms with E-state index < -0.39 is 0 Å². The molecule has 0 N–H and O–H groups in total. The van der Waals surface area contributed by atoms with Crippen molar-refractivity contribution in [1.82, 2.24) is 4.90 Å². The smallest absolute Gasteiger partial charge is 0.161 e. The van der Waals surface area contributed by atoms with Gasteiger partial charge in [-0.25, -0.2) is 0 Å². The molecule has 1 aliphatic heterocycles.